The summed E-state index contributed by atoms with van der Waals surface area (Å²) in [6.45, 7) is 13.5. The predicted octanol–water partition coefficient (Wildman–Crippen LogP) is 4.02. The third kappa shape index (κ3) is 3.78. The number of esters is 1. The van der Waals surface area contributed by atoms with Gasteiger partial charge in [0.1, 0.15) is 16.9 Å². The molecule has 2 saturated heterocycles. The summed E-state index contributed by atoms with van der Waals surface area (Å²) >= 11 is 0. The fourth-order valence-electron chi connectivity index (χ4n) is 6.42. The lowest BCUT2D eigenvalue weighted by atomic mass is 9.43. The summed E-state index contributed by atoms with van der Waals surface area (Å²) in [7, 11) is 0.937. The Kier molecular flexibility index (Phi) is 5.83. The molecule has 0 aromatic heterocycles. The molecule has 186 valence electrons. The first kappa shape index (κ1) is 24.1. The minimum absolute atomic E-state index is 0.0219. The zero-order valence-corrected chi connectivity index (χ0v) is 21.4. The van der Waals surface area contributed by atoms with E-state index in [0.29, 0.717) is 47.4 Å². The number of hydrogen-bond donors (Lipinski definition) is 0. The summed E-state index contributed by atoms with van der Waals surface area (Å²) < 4.78 is 36.5. The largest absolute Gasteiger partial charge is 0.498 e. The van der Waals surface area contributed by atoms with E-state index in [1.54, 1.807) is 7.11 Å². The number of hydrogen-bond acceptors (Lipinski definition) is 7. The molecule has 1 unspecified atom stereocenters. The van der Waals surface area contributed by atoms with Gasteiger partial charge in [0.2, 0.25) is 0 Å². The van der Waals surface area contributed by atoms with E-state index in [1.807, 2.05) is 32.9 Å². The first-order chi connectivity index (χ1) is 16.0. The molecule has 8 heteroatoms. The second-order valence-electron chi connectivity index (χ2n) is 11.9. The minimum atomic E-state index is -0.668. The van der Waals surface area contributed by atoms with Gasteiger partial charge in [0, 0.05) is 11.0 Å². The molecule has 2 bridgehead atoms. The molecule has 0 N–H and O–H groups in total. The van der Waals surface area contributed by atoms with Crippen LogP contribution in [-0.2, 0) is 23.5 Å². The van der Waals surface area contributed by atoms with Crippen molar-refractivity contribution in [1.82, 2.24) is 0 Å². The Bertz CT molecular complexity index is 965. The highest BCUT2D eigenvalue weighted by Crippen LogP contribution is 2.65. The van der Waals surface area contributed by atoms with Gasteiger partial charge in [-0.25, -0.2) is 4.79 Å². The van der Waals surface area contributed by atoms with Crippen LogP contribution in [0.1, 0.15) is 83.0 Å². The Morgan fingerprint density at radius 2 is 1.82 bits per heavy atom. The molecular weight excluding hydrogens is 435 g/mol. The lowest BCUT2D eigenvalue weighted by Gasteiger charge is -2.64. The van der Waals surface area contributed by atoms with Gasteiger partial charge in [-0.3, -0.25) is 0 Å². The van der Waals surface area contributed by atoms with E-state index in [-0.39, 0.29) is 17.1 Å². The fourth-order valence-corrected chi connectivity index (χ4v) is 6.42. The SMILES string of the molecule is COc1c(B2OC3C[C@@H]4C[C@@H](C4(C)C)[C@]3(C)O2)ccc(C2OCCCO2)c1C(=O)OC(C)(C)C. The summed E-state index contributed by atoms with van der Waals surface area (Å²) in [5, 5.41) is 0. The molecule has 2 aliphatic heterocycles. The molecule has 4 atom stereocenters. The first-order valence-corrected chi connectivity index (χ1v) is 12.5. The molecule has 3 saturated carbocycles. The topological polar surface area (TPSA) is 72.5 Å². The maximum Gasteiger partial charge on any atom is 0.498 e. The molecule has 2 heterocycles. The summed E-state index contributed by atoms with van der Waals surface area (Å²) in [6, 6.07) is 3.76. The van der Waals surface area contributed by atoms with E-state index in [1.165, 1.54) is 6.42 Å². The van der Waals surface area contributed by atoms with Crippen molar-refractivity contribution in [3.05, 3.63) is 23.3 Å². The van der Waals surface area contributed by atoms with Gasteiger partial charge in [-0.2, -0.15) is 0 Å². The lowest BCUT2D eigenvalue weighted by Crippen LogP contribution is -2.65. The van der Waals surface area contributed by atoms with Crippen LogP contribution in [0.2, 0.25) is 0 Å². The second-order valence-corrected chi connectivity index (χ2v) is 11.9. The van der Waals surface area contributed by atoms with Crippen molar-refractivity contribution in [2.75, 3.05) is 20.3 Å². The molecular formula is C26H37BO7. The Morgan fingerprint density at radius 1 is 1.12 bits per heavy atom. The average molecular weight is 472 g/mol. The third-order valence-corrected chi connectivity index (χ3v) is 8.31. The van der Waals surface area contributed by atoms with Gasteiger partial charge in [-0.1, -0.05) is 26.0 Å². The Morgan fingerprint density at radius 3 is 2.44 bits per heavy atom. The van der Waals surface area contributed by atoms with Crippen LogP contribution in [0, 0.1) is 17.3 Å². The van der Waals surface area contributed by atoms with E-state index in [4.69, 9.17) is 28.3 Å². The third-order valence-electron chi connectivity index (χ3n) is 8.31. The zero-order chi connectivity index (χ0) is 24.5. The molecule has 0 amide bonds. The number of ether oxygens (including phenoxy) is 4. The summed E-state index contributed by atoms with van der Waals surface area (Å²) in [5.41, 5.74) is 0.800. The van der Waals surface area contributed by atoms with Gasteiger partial charge >= 0.3 is 13.1 Å². The van der Waals surface area contributed by atoms with Crippen LogP contribution in [0.15, 0.2) is 12.1 Å². The van der Waals surface area contributed by atoms with Crippen molar-refractivity contribution in [3.8, 4) is 5.75 Å². The monoisotopic (exact) mass is 472 g/mol. The van der Waals surface area contributed by atoms with Crippen molar-refractivity contribution in [3.63, 3.8) is 0 Å². The molecule has 5 aliphatic rings. The first-order valence-electron chi connectivity index (χ1n) is 12.5. The van der Waals surface area contributed by atoms with E-state index in [2.05, 4.69) is 20.8 Å². The van der Waals surface area contributed by atoms with Gasteiger partial charge < -0.3 is 28.3 Å². The molecule has 5 fully saturated rings. The van der Waals surface area contributed by atoms with Gasteiger partial charge in [0.25, 0.3) is 0 Å². The van der Waals surface area contributed by atoms with E-state index in [9.17, 15) is 4.79 Å². The number of rotatable bonds is 4. The van der Waals surface area contributed by atoms with Crippen molar-refractivity contribution in [2.45, 2.75) is 84.4 Å². The second kappa shape index (κ2) is 8.22. The van der Waals surface area contributed by atoms with Crippen molar-refractivity contribution in [1.29, 1.82) is 0 Å². The van der Waals surface area contributed by atoms with Crippen LogP contribution in [0.25, 0.3) is 0 Å². The number of carbonyl (C=O) groups excluding carboxylic acids is 1. The molecule has 7 nitrogen and oxygen atoms in total. The highest BCUT2D eigenvalue weighted by atomic mass is 16.7. The highest BCUT2D eigenvalue weighted by molar-refractivity contribution is 6.63. The summed E-state index contributed by atoms with van der Waals surface area (Å²) in [6.07, 6.45) is 2.34. The number of methoxy groups -OCH3 is 1. The van der Waals surface area contributed by atoms with Gasteiger partial charge in [0.15, 0.2) is 6.29 Å². The van der Waals surface area contributed by atoms with Crippen LogP contribution in [-0.4, -0.2) is 50.7 Å². The van der Waals surface area contributed by atoms with Crippen LogP contribution in [0.5, 0.6) is 5.75 Å². The molecule has 3 aliphatic carbocycles. The van der Waals surface area contributed by atoms with Gasteiger partial charge in [-0.15, -0.1) is 0 Å². The Labute approximate surface area is 202 Å². The predicted molar refractivity (Wildman–Crippen MR) is 127 cm³/mol. The molecule has 0 radical (unpaired) electrons. The average Bonchev–Trinajstić information content (AvgIpc) is 3.14. The van der Waals surface area contributed by atoms with Crippen molar-refractivity contribution >= 4 is 18.6 Å². The molecule has 1 aromatic carbocycles. The van der Waals surface area contributed by atoms with Gasteiger partial charge in [-0.05, 0) is 64.2 Å². The normalized spacial score (nSPS) is 32.7. The van der Waals surface area contributed by atoms with Gasteiger partial charge in [0.05, 0.1) is 32.0 Å². The minimum Gasteiger partial charge on any atom is -0.496 e. The zero-order valence-electron chi connectivity index (χ0n) is 21.4. The van der Waals surface area contributed by atoms with Crippen LogP contribution >= 0.6 is 0 Å². The summed E-state index contributed by atoms with van der Waals surface area (Å²) in [4.78, 5) is 13.4. The smallest absolute Gasteiger partial charge is 0.496 e. The summed E-state index contributed by atoms with van der Waals surface area (Å²) in [5.74, 6) is 1.00. The maximum atomic E-state index is 13.4. The quantitative estimate of drug-likeness (QED) is 0.484. The molecule has 0 spiro atoms. The number of benzene rings is 1. The van der Waals surface area contributed by atoms with Crippen molar-refractivity contribution in [2.24, 2.45) is 17.3 Å². The standard InChI is InChI=1S/C26H37BO7/c1-24(2,3)32-22(28)20-16(23-30-11-8-12-31-23)9-10-17(21(20)29-7)27-33-19-14-15-13-18(25(15,4)5)26(19,6)34-27/h9-10,15,18-19,23H,8,11-14H2,1-7H3/t15-,18-,19?,26-/m0/s1. The lowest BCUT2D eigenvalue weighted by molar-refractivity contribution is -0.199. The maximum absolute atomic E-state index is 13.4. The van der Waals surface area contributed by atoms with Crippen LogP contribution < -0.4 is 10.2 Å². The van der Waals surface area contributed by atoms with Crippen LogP contribution in [0.3, 0.4) is 0 Å². The molecule has 6 rings (SSSR count). The van der Waals surface area contributed by atoms with E-state index in [0.717, 1.165) is 12.8 Å². The number of carbonyl (C=O) groups is 1. The van der Waals surface area contributed by atoms with E-state index >= 15 is 0 Å². The Balaban J connectivity index is 1.53. The molecule has 1 aromatic rings. The van der Waals surface area contributed by atoms with Crippen molar-refractivity contribution < 1.29 is 33.1 Å². The van der Waals surface area contributed by atoms with E-state index < -0.39 is 25.0 Å². The Hall–Kier alpha value is -1.61. The highest BCUT2D eigenvalue weighted by Gasteiger charge is 2.68. The molecule has 34 heavy (non-hydrogen) atoms. The van der Waals surface area contributed by atoms with Crippen LogP contribution in [0.4, 0.5) is 0 Å². The fraction of sp³-hybridized carbons (Fsp3) is 0.731.